The molecule has 0 amide bonds. The Hall–Kier alpha value is -2.07. The van der Waals surface area contributed by atoms with Crippen LogP contribution in [0.25, 0.3) is 0 Å². The Balaban J connectivity index is 2.09. The summed E-state index contributed by atoms with van der Waals surface area (Å²) in [6, 6.07) is 1.75. The van der Waals surface area contributed by atoms with Crippen molar-refractivity contribution in [3.63, 3.8) is 0 Å². The second-order valence-corrected chi connectivity index (χ2v) is 4.84. The number of aliphatic hydroxyl groups excluding tert-OH is 3. The number of aliphatic hydroxyl groups is 3. The molecule has 0 bridgehead atoms. The summed E-state index contributed by atoms with van der Waals surface area (Å²) in [7, 11) is 0. The molecule has 1 saturated heterocycles. The first kappa shape index (κ1) is 16.3. The lowest BCUT2D eigenvalue weighted by Gasteiger charge is -2.36. The summed E-state index contributed by atoms with van der Waals surface area (Å²) < 4.78 is 9.99. The van der Waals surface area contributed by atoms with Crippen molar-refractivity contribution in [2.75, 3.05) is 13.2 Å². The lowest BCUT2D eigenvalue weighted by molar-refractivity contribution is -0.195. The van der Waals surface area contributed by atoms with Gasteiger partial charge in [0.2, 0.25) is 0 Å². The Morgan fingerprint density at radius 2 is 1.77 bits per heavy atom. The topological polar surface area (TPSA) is 157 Å². The van der Waals surface area contributed by atoms with Gasteiger partial charge in [0.05, 0.1) is 18.8 Å². The molecule has 4 atom stereocenters. The normalized spacial score (nSPS) is 28.3. The van der Waals surface area contributed by atoms with Crippen molar-refractivity contribution >= 4 is 5.97 Å². The van der Waals surface area contributed by atoms with Crippen molar-refractivity contribution in [3.05, 3.63) is 17.7 Å². The van der Waals surface area contributed by atoms with Crippen LogP contribution in [0.4, 0.5) is 0 Å². The van der Waals surface area contributed by atoms with Crippen LogP contribution in [0.3, 0.4) is 0 Å². The molecular formula is C13H16O9. The largest absolute Gasteiger partial charge is 0.504 e. The van der Waals surface area contributed by atoms with Gasteiger partial charge >= 0.3 is 5.97 Å². The summed E-state index contributed by atoms with van der Waals surface area (Å²) in [5, 5.41) is 56.3. The molecule has 1 aromatic carbocycles. The monoisotopic (exact) mass is 316 g/mol. The second-order valence-electron chi connectivity index (χ2n) is 4.84. The van der Waals surface area contributed by atoms with Crippen molar-refractivity contribution < 1.29 is 44.9 Å². The van der Waals surface area contributed by atoms with E-state index in [1.165, 1.54) is 0 Å². The first-order valence-electron chi connectivity index (χ1n) is 6.39. The van der Waals surface area contributed by atoms with Crippen LogP contribution in [-0.2, 0) is 9.47 Å². The van der Waals surface area contributed by atoms with Gasteiger partial charge in [0.25, 0.3) is 0 Å². The standard InChI is InChI=1S/C13H16O9/c14-3-8-11(18)12(19)9(4-21-8)22-13(20)5-1-6(15)10(17)7(16)2-5/h1-2,8-9,11-12,14-19H,3-4H2/t8-,9-,11-,12-/m1/s1. The van der Waals surface area contributed by atoms with E-state index in [1.54, 1.807) is 0 Å². The Labute approximate surface area is 124 Å². The number of hydrogen-bond donors (Lipinski definition) is 6. The van der Waals surface area contributed by atoms with Crippen LogP contribution in [0.2, 0.25) is 0 Å². The zero-order valence-electron chi connectivity index (χ0n) is 11.3. The second kappa shape index (κ2) is 6.36. The van der Waals surface area contributed by atoms with Crippen LogP contribution in [0.1, 0.15) is 10.4 Å². The van der Waals surface area contributed by atoms with E-state index >= 15 is 0 Å². The fraction of sp³-hybridized carbons (Fsp3) is 0.462. The molecule has 0 radical (unpaired) electrons. The Morgan fingerprint density at radius 3 is 2.32 bits per heavy atom. The number of aromatic hydroxyl groups is 3. The average Bonchev–Trinajstić information content (AvgIpc) is 2.49. The smallest absolute Gasteiger partial charge is 0.338 e. The van der Waals surface area contributed by atoms with Crippen LogP contribution < -0.4 is 0 Å². The molecule has 1 aliphatic rings. The van der Waals surface area contributed by atoms with Gasteiger partial charge in [-0.15, -0.1) is 0 Å². The number of esters is 1. The third-order valence-corrected chi connectivity index (χ3v) is 3.33. The molecule has 6 N–H and O–H groups in total. The van der Waals surface area contributed by atoms with Gasteiger partial charge in [0, 0.05) is 0 Å². The van der Waals surface area contributed by atoms with E-state index in [-0.39, 0.29) is 12.2 Å². The van der Waals surface area contributed by atoms with Crippen molar-refractivity contribution in [3.8, 4) is 17.2 Å². The van der Waals surface area contributed by atoms with E-state index in [1.807, 2.05) is 0 Å². The molecule has 22 heavy (non-hydrogen) atoms. The maximum absolute atomic E-state index is 11.9. The Morgan fingerprint density at radius 1 is 1.18 bits per heavy atom. The Bertz CT molecular complexity index is 535. The highest BCUT2D eigenvalue weighted by atomic mass is 16.6. The van der Waals surface area contributed by atoms with E-state index < -0.39 is 54.2 Å². The molecular weight excluding hydrogens is 300 g/mol. The summed E-state index contributed by atoms with van der Waals surface area (Å²) in [6.07, 6.45) is -5.07. The van der Waals surface area contributed by atoms with Crippen LogP contribution in [0.15, 0.2) is 12.1 Å². The highest BCUT2D eigenvalue weighted by molar-refractivity contribution is 5.91. The summed E-state index contributed by atoms with van der Waals surface area (Å²) in [5.74, 6) is -3.22. The predicted octanol–water partition coefficient (Wildman–Crippen LogP) is -1.56. The minimum Gasteiger partial charge on any atom is -0.504 e. The van der Waals surface area contributed by atoms with Crippen molar-refractivity contribution in [2.24, 2.45) is 0 Å². The molecule has 2 rings (SSSR count). The van der Waals surface area contributed by atoms with Gasteiger partial charge in [-0.1, -0.05) is 0 Å². The summed E-state index contributed by atoms with van der Waals surface area (Å²) in [5.41, 5.74) is -0.265. The molecule has 0 aliphatic carbocycles. The number of carbonyl (C=O) groups excluding carboxylic acids is 1. The number of carbonyl (C=O) groups is 1. The SMILES string of the molecule is O=C(O[C@@H]1CO[C@H](CO)[C@@H](O)[C@@H]1O)c1cc(O)c(O)c(O)c1. The lowest BCUT2D eigenvalue weighted by atomic mass is 10.0. The quantitative estimate of drug-likeness (QED) is 0.286. The molecule has 0 aromatic heterocycles. The molecule has 9 heteroatoms. The molecule has 0 unspecified atom stereocenters. The zero-order valence-corrected chi connectivity index (χ0v) is 11.3. The average molecular weight is 316 g/mol. The van der Waals surface area contributed by atoms with Crippen molar-refractivity contribution in [1.82, 2.24) is 0 Å². The van der Waals surface area contributed by atoms with E-state index in [4.69, 9.17) is 14.6 Å². The molecule has 0 saturated carbocycles. The molecule has 1 fully saturated rings. The fourth-order valence-corrected chi connectivity index (χ4v) is 2.05. The van der Waals surface area contributed by atoms with Crippen LogP contribution in [0.5, 0.6) is 17.2 Å². The number of rotatable bonds is 3. The lowest BCUT2D eigenvalue weighted by Crippen LogP contribution is -2.55. The zero-order chi connectivity index (χ0) is 16.4. The molecule has 122 valence electrons. The van der Waals surface area contributed by atoms with Crippen LogP contribution in [0, 0.1) is 0 Å². The van der Waals surface area contributed by atoms with Crippen LogP contribution >= 0.6 is 0 Å². The minimum atomic E-state index is -1.46. The minimum absolute atomic E-state index is 0.245. The predicted molar refractivity (Wildman–Crippen MR) is 69.5 cm³/mol. The summed E-state index contributed by atoms with van der Waals surface area (Å²) >= 11 is 0. The van der Waals surface area contributed by atoms with Gasteiger partial charge in [-0.3, -0.25) is 0 Å². The maximum Gasteiger partial charge on any atom is 0.338 e. The van der Waals surface area contributed by atoms with Gasteiger partial charge < -0.3 is 40.1 Å². The summed E-state index contributed by atoms with van der Waals surface area (Å²) in [4.78, 5) is 11.9. The van der Waals surface area contributed by atoms with Crippen LogP contribution in [-0.4, -0.2) is 74.2 Å². The van der Waals surface area contributed by atoms with Gasteiger partial charge in [-0.2, -0.15) is 0 Å². The van der Waals surface area contributed by atoms with E-state index in [0.29, 0.717) is 0 Å². The van der Waals surface area contributed by atoms with E-state index in [9.17, 15) is 30.3 Å². The number of benzene rings is 1. The van der Waals surface area contributed by atoms with Gasteiger partial charge in [0.15, 0.2) is 23.4 Å². The number of phenols is 3. The van der Waals surface area contributed by atoms with E-state index in [2.05, 4.69) is 0 Å². The van der Waals surface area contributed by atoms with Crippen molar-refractivity contribution in [2.45, 2.75) is 24.4 Å². The Kier molecular flexibility index (Phi) is 4.71. The molecule has 1 aromatic rings. The third-order valence-electron chi connectivity index (χ3n) is 3.33. The number of phenolic OH excluding ortho intramolecular Hbond substituents is 3. The van der Waals surface area contributed by atoms with Crippen molar-refractivity contribution in [1.29, 1.82) is 0 Å². The number of ether oxygens (including phenoxy) is 2. The van der Waals surface area contributed by atoms with Gasteiger partial charge in [-0.05, 0) is 12.1 Å². The molecule has 1 aliphatic heterocycles. The highest BCUT2D eigenvalue weighted by Gasteiger charge is 2.40. The first-order valence-corrected chi connectivity index (χ1v) is 6.39. The molecule has 0 spiro atoms. The number of hydrogen-bond acceptors (Lipinski definition) is 9. The third kappa shape index (κ3) is 3.07. The summed E-state index contributed by atoms with van der Waals surface area (Å²) in [6.45, 7) is -0.746. The first-order chi connectivity index (χ1) is 10.3. The fourth-order valence-electron chi connectivity index (χ4n) is 2.05. The van der Waals surface area contributed by atoms with Gasteiger partial charge in [0.1, 0.15) is 18.3 Å². The van der Waals surface area contributed by atoms with Gasteiger partial charge in [-0.25, -0.2) is 4.79 Å². The van der Waals surface area contributed by atoms with E-state index in [0.717, 1.165) is 12.1 Å². The highest BCUT2D eigenvalue weighted by Crippen LogP contribution is 2.35. The molecule has 9 nitrogen and oxygen atoms in total. The molecule has 1 heterocycles. The maximum atomic E-state index is 11.9.